The Labute approximate surface area is 58.4 Å². The summed E-state index contributed by atoms with van der Waals surface area (Å²) in [5.41, 5.74) is 0.0914. The standard InChI is InChI=1S/C6H8N2O2/c1-8-4-2-3-5(7-8)6(9)10/h2-3H,4H2,1H3,(H,9,10). The van der Waals surface area contributed by atoms with Crippen LogP contribution in [0.4, 0.5) is 0 Å². The van der Waals surface area contributed by atoms with Gasteiger partial charge >= 0.3 is 5.97 Å². The summed E-state index contributed by atoms with van der Waals surface area (Å²) in [5, 5.41) is 13.8. The van der Waals surface area contributed by atoms with Crippen LogP contribution in [-0.2, 0) is 4.79 Å². The van der Waals surface area contributed by atoms with Crippen LogP contribution in [0.3, 0.4) is 0 Å². The fourth-order valence-corrected chi connectivity index (χ4v) is 0.689. The van der Waals surface area contributed by atoms with Crippen molar-refractivity contribution in [3.63, 3.8) is 0 Å². The molecule has 1 aliphatic heterocycles. The fraction of sp³-hybridized carbons (Fsp3) is 0.333. The van der Waals surface area contributed by atoms with Gasteiger partial charge in [-0.2, -0.15) is 5.10 Å². The Kier molecular flexibility index (Phi) is 1.71. The third-order valence-corrected chi connectivity index (χ3v) is 1.14. The van der Waals surface area contributed by atoms with Gasteiger partial charge in [-0.25, -0.2) is 4.79 Å². The predicted octanol–water partition coefficient (Wildman–Crippen LogP) is -0.0714. The Morgan fingerprint density at radius 2 is 2.60 bits per heavy atom. The van der Waals surface area contributed by atoms with E-state index in [-0.39, 0.29) is 5.71 Å². The Hall–Kier alpha value is -1.32. The van der Waals surface area contributed by atoms with Crippen LogP contribution in [0.1, 0.15) is 0 Å². The lowest BCUT2D eigenvalue weighted by molar-refractivity contribution is -0.129. The van der Waals surface area contributed by atoms with Crippen molar-refractivity contribution in [3.8, 4) is 0 Å². The average molecular weight is 140 g/mol. The quantitative estimate of drug-likeness (QED) is 0.554. The second-order valence-corrected chi connectivity index (χ2v) is 2.03. The van der Waals surface area contributed by atoms with Gasteiger partial charge in [0.1, 0.15) is 0 Å². The van der Waals surface area contributed by atoms with Crippen molar-refractivity contribution in [2.24, 2.45) is 5.10 Å². The number of hydrogen-bond acceptors (Lipinski definition) is 3. The molecule has 0 aromatic rings. The second-order valence-electron chi connectivity index (χ2n) is 2.03. The number of hydrazone groups is 1. The topological polar surface area (TPSA) is 52.9 Å². The van der Waals surface area contributed by atoms with Crippen molar-refractivity contribution in [2.45, 2.75) is 0 Å². The molecule has 1 N–H and O–H groups in total. The lowest BCUT2D eigenvalue weighted by atomic mass is 10.3. The summed E-state index contributed by atoms with van der Waals surface area (Å²) in [6.07, 6.45) is 3.26. The maximum Gasteiger partial charge on any atom is 0.356 e. The summed E-state index contributed by atoms with van der Waals surface area (Å²) in [6.45, 7) is 0.677. The van der Waals surface area contributed by atoms with Crippen molar-refractivity contribution in [1.82, 2.24) is 5.01 Å². The molecule has 0 saturated carbocycles. The summed E-state index contributed by atoms with van der Waals surface area (Å²) >= 11 is 0. The minimum Gasteiger partial charge on any atom is -0.476 e. The molecule has 0 aromatic carbocycles. The van der Waals surface area contributed by atoms with Gasteiger partial charge < -0.3 is 5.11 Å². The maximum absolute atomic E-state index is 10.3. The Bertz CT molecular complexity index is 208. The summed E-state index contributed by atoms with van der Waals surface area (Å²) < 4.78 is 0. The van der Waals surface area contributed by atoms with Gasteiger partial charge in [0.2, 0.25) is 0 Å². The first kappa shape index (κ1) is 6.80. The molecule has 0 unspecified atom stereocenters. The highest BCUT2D eigenvalue weighted by atomic mass is 16.4. The Balaban J connectivity index is 2.76. The molecule has 1 heterocycles. The number of likely N-dealkylation sites (N-methyl/N-ethyl adjacent to an activating group) is 1. The van der Waals surface area contributed by atoms with Gasteiger partial charge in [0.15, 0.2) is 5.71 Å². The predicted molar refractivity (Wildman–Crippen MR) is 36.8 cm³/mol. The zero-order valence-corrected chi connectivity index (χ0v) is 5.61. The van der Waals surface area contributed by atoms with E-state index in [0.29, 0.717) is 6.54 Å². The van der Waals surface area contributed by atoms with Crippen LogP contribution in [0.5, 0.6) is 0 Å². The van der Waals surface area contributed by atoms with E-state index in [2.05, 4.69) is 5.10 Å². The minimum absolute atomic E-state index is 0.0914. The highest BCUT2D eigenvalue weighted by Crippen LogP contribution is 1.95. The molecular formula is C6H8N2O2. The molecule has 1 aliphatic rings. The summed E-state index contributed by atoms with van der Waals surface area (Å²) in [6, 6.07) is 0. The molecule has 0 aromatic heterocycles. The van der Waals surface area contributed by atoms with Gasteiger partial charge in [0.25, 0.3) is 0 Å². The van der Waals surface area contributed by atoms with Crippen LogP contribution in [0.2, 0.25) is 0 Å². The van der Waals surface area contributed by atoms with Crippen LogP contribution < -0.4 is 0 Å². The molecular weight excluding hydrogens is 132 g/mol. The summed E-state index contributed by atoms with van der Waals surface area (Å²) in [5.74, 6) is -0.984. The van der Waals surface area contributed by atoms with Gasteiger partial charge in [-0.1, -0.05) is 6.08 Å². The second kappa shape index (κ2) is 2.51. The molecule has 0 spiro atoms. The van der Waals surface area contributed by atoms with Crippen molar-refractivity contribution < 1.29 is 9.90 Å². The zero-order valence-electron chi connectivity index (χ0n) is 5.61. The van der Waals surface area contributed by atoms with Crippen molar-refractivity contribution in [3.05, 3.63) is 12.2 Å². The number of aliphatic carboxylic acids is 1. The van der Waals surface area contributed by atoms with Gasteiger partial charge in [-0.05, 0) is 6.08 Å². The Morgan fingerprint density at radius 1 is 1.90 bits per heavy atom. The Morgan fingerprint density at radius 3 is 3.00 bits per heavy atom. The molecule has 0 amide bonds. The summed E-state index contributed by atoms with van der Waals surface area (Å²) in [4.78, 5) is 10.3. The minimum atomic E-state index is -0.984. The largest absolute Gasteiger partial charge is 0.476 e. The van der Waals surface area contributed by atoms with E-state index in [1.54, 1.807) is 18.1 Å². The summed E-state index contributed by atoms with van der Waals surface area (Å²) in [7, 11) is 1.73. The van der Waals surface area contributed by atoms with E-state index < -0.39 is 5.97 Å². The number of carboxylic acids is 1. The number of hydrogen-bond donors (Lipinski definition) is 1. The normalized spacial score (nSPS) is 16.9. The number of carboxylic acid groups (broad SMARTS) is 1. The van der Waals surface area contributed by atoms with Crippen molar-refractivity contribution in [1.29, 1.82) is 0 Å². The SMILES string of the molecule is CN1CC=CC(C(=O)O)=N1. The maximum atomic E-state index is 10.3. The molecule has 4 heteroatoms. The lowest BCUT2D eigenvalue weighted by Crippen LogP contribution is -2.22. The first-order valence-corrected chi connectivity index (χ1v) is 2.90. The van der Waals surface area contributed by atoms with Crippen LogP contribution in [0, 0.1) is 0 Å². The van der Waals surface area contributed by atoms with Gasteiger partial charge in [0, 0.05) is 7.05 Å². The van der Waals surface area contributed by atoms with E-state index in [0.717, 1.165) is 0 Å². The highest BCUT2D eigenvalue weighted by molar-refractivity contribution is 6.40. The number of carbonyl (C=O) groups is 1. The molecule has 10 heavy (non-hydrogen) atoms. The molecule has 54 valence electrons. The van der Waals surface area contributed by atoms with Crippen LogP contribution in [-0.4, -0.2) is 35.4 Å². The van der Waals surface area contributed by atoms with E-state index in [4.69, 9.17) is 5.11 Å². The highest BCUT2D eigenvalue weighted by Gasteiger charge is 2.08. The van der Waals surface area contributed by atoms with Gasteiger partial charge in [-0.15, -0.1) is 0 Å². The van der Waals surface area contributed by atoms with Crippen LogP contribution in [0.25, 0.3) is 0 Å². The molecule has 4 nitrogen and oxygen atoms in total. The zero-order chi connectivity index (χ0) is 7.56. The third kappa shape index (κ3) is 1.34. The van der Waals surface area contributed by atoms with Crippen LogP contribution >= 0.6 is 0 Å². The van der Waals surface area contributed by atoms with Crippen molar-refractivity contribution in [2.75, 3.05) is 13.6 Å². The molecule has 0 atom stereocenters. The van der Waals surface area contributed by atoms with E-state index in [1.807, 2.05) is 0 Å². The van der Waals surface area contributed by atoms with Gasteiger partial charge in [-0.3, -0.25) is 5.01 Å². The number of nitrogens with zero attached hydrogens (tertiary/aromatic N) is 2. The molecule has 0 bridgehead atoms. The fourth-order valence-electron chi connectivity index (χ4n) is 0.689. The average Bonchev–Trinajstić information content (AvgIpc) is 1.88. The monoisotopic (exact) mass is 140 g/mol. The number of rotatable bonds is 1. The van der Waals surface area contributed by atoms with Crippen LogP contribution in [0.15, 0.2) is 17.3 Å². The smallest absolute Gasteiger partial charge is 0.356 e. The third-order valence-electron chi connectivity index (χ3n) is 1.14. The first-order chi connectivity index (χ1) is 4.70. The van der Waals surface area contributed by atoms with Gasteiger partial charge in [0.05, 0.1) is 6.54 Å². The first-order valence-electron chi connectivity index (χ1n) is 2.90. The molecule has 0 radical (unpaired) electrons. The van der Waals surface area contributed by atoms with Crippen molar-refractivity contribution >= 4 is 11.7 Å². The lowest BCUT2D eigenvalue weighted by Gasteiger charge is -2.13. The molecule has 0 saturated heterocycles. The van der Waals surface area contributed by atoms with E-state index in [9.17, 15) is 4.79 Å². The van der Waals surface area contributed by atoms with E-state index in [1.165, 1.54) is 6.08 Å². The molecule has 1 rings (SSSR count). The molecule has 0 fully saturated rings. The van der Waals surface area contributed by atoms with E-state index >= 15 is 0 Å². The molecule has 0 aliphatic carbocycles.